The van der Waals surface area contributed by atoms with Crippen molar-refractivity contribution >= 4 is 29.2 Å². The van der Waals surface area contributed by atoms with Gasteiger partial charge in [0.25, 0.3) is 0 Å². The Morgan fingerprint density at radius 2 is 2.15 bits per heavy atom. The molecule has 4 nitrogen and oxygen atoms in total. The van der Waals surface area contributed by atoms with Crippen molar-refractivity contribution in [2.45, 2.75) is 32.7 Å². The summed E-state index contributed by atoms with van der Waals surface area (Å²) in [4.78, 5) is 4.57. The standard InChI is InChI=1S/C14H22Cl2N4/c1-3-17-14(18-7-6-10-4-5-10)19-9-11-8-12(15)13(16)20(11)2/h8,10H,3-7,9H2,1-2H3,(H2,17,18,19). The minimum absolute atomic E-state index is 0.557. The van der Waals surface area contributed by atoms with Gasteiger partial charge in [-0.15, -0.1) is 0 Å². The Morgan fingerprint density at radius 1 is 1.40 bits per heavy atom. The monoisotopic (exact) mass is 316 g/mol. The molecule has 0 aromatic carbocycles. The number of aromatic nitrogens is 1. The molecule has 1 fully saturated rings. The quantitative estimate of drug-likeness (QED) is 0.625. The predicted octanol–water partition coefficient (Wildman–Crippen LogP) is 3.19. The second-order valence-corrected chi connectivity index (χ2v) is 5.95. The van der Waals surface area contributed by atoms with Crippen molar-refractivity contribution in [3.63, 3.8) is 0 Å². The highest BCUT2D eigenvalue weighted by Crippen LogP contribution is 2.31. The van der Waals surface area contributed by atoms with Crippen LogP contribution in [0.15, 0.2) is 11.1 Å². The Bertz CT molecular complexity index is 478. The molecule has 0 radical (unpaired) electrons. The summed E-state index contributed by atoms with van der Waals surface area (Å²) < 4.78 is 1.86. The van der Waals surface area contributed by atoms with E-state index in [1.807, 2.05) is 17.7 Å². The van der Waals surface area contributed by atoms with Crippen LogP contribution >= 0.6 is 23.2 Å². The van der Waals surface area contributed by atoms with Crippen molar-refractivity contribution in [1.82, 2.24) is 15.2 Å². The molecule has 1 aliphatic rings. The number of nitrogens with zero attached hydrogens (tertiary/aromatic N) is 2. The molecule has 1 saturated carbocycles. The lowest BCUT2D eigenvalue weighted by molar-refractivity contribution is 0.684. The third-order valence-corrected chi connectivity index (χ3v) is 4.34. The predicted molar refractivity (Wildman–Crippen MR) is 85.6 cm³/mol. The fourth-order valence-electron chi connectivity index (χ4n) is 2.04. The molecule has 1 heterocycles. The zero-order valence-electron chi connectivity index (χ0n) is 12.0. The molecule has 6 heteroatoms. The van der Waals surface area contributed by atoms with Gasteiger partial charge in [0, 0.05) is 25.8 Å². The number of guanidine groups is 1. The van der Waals surface area contributed by atoms with E-state index in [4.69, 9.17) is 23.2 Å². The minimum atomic E-state index is 0.557. The van der Waals surface area contributed by atoms with Gasteiger partial charge in [-0.2, -0.15) is 0 Å². The summed E-state index contributed by atoms with van der Waals surface area (Å²) in [7, 11) is 1.90. The minimum Gasteiger partial charge on any atom is -0.357 e. The summed E-state index contributed by atoms with van der Waals surface area (Å²) in [5, 5.41) is 7.75. The van der Waals surface area contributed by atoms with Crippen LogP contribution in [0.4, 0.5) is 0 Å². The molecule has 0 saturated heterocycles. The van der Waals surface area contributed by atoms with E-state index in [2.05, 4.69) is 22.5 Å². The Hall–Kier alpha value is -0.870. The van der Waals surface area contributed by atoms with E-state index in [-0.39, 0.29) is 0 Å². The highest BCUT2D eigenvalue weighted by atomic mass is 35.5. The number of hydrogen-bond donors (Lipinski definition) is 2. The van der Waals surface area contributed by atoms with Gasteiger partial charge < -0.3 is 15.2 Å². The maximum atomic E-state index is 6.05. The van der Waals surface area contributed by atoms with Crippen LogP contribution < -0.4 is 10.6 Å². The zero-order valence-corrected chi connectivity index (χ0v) is 13.6. The number of rotatable bonds is 6. The third kappa shape index (κ3) is 4.32. The second kappa shape index (κ2) is 7.23. The van der Waals surface area contributed by atoms with E-state index in [9.17, 15) is 0 Å². The van der Waals surface area contributed by atoms with Crippen LogP contribution in [0.2, 0.25) is 10.2 Å². The summed E-state index contributed by atoms with van der Waals surface area (Å²) in [5.41, 5.74) is 0.999. The maximum absolute atomic E-state index is 6.05. The van der Waals surface area contributed by atoms with Crippen LogP contribution in [0.25, 0.3) is 0 Å². The van der Waals surface area contributed by atoms with Crippen LogP contribution in [0.1, 0.15) is 31.9 Å². The lowest BCUT2D eigenvalue weighted by Crippen LogP contribution is -2.37. The van der Waals surface area contributed by atoms with Crippen molar-refractivity contribution in [3.05, 3.63) is 21.9 Å². The molecule has 2 N–H and O–H groups in total. The molecule has 1 aromatic rings. The summed E-state index contributed by atoms with van der Waals surface area (Å²) >= 11 is 12.1. The van der Waals surface area contributed by atoms with Crippen molar-refractivity contribution in [2.75, 3.05) is 13.1 Å². The van der Waals surface area contributed by atoms with E-state index in [0.717, 1.165) is 30.7 Å². The van der Waals surface area contributed by atoms with E-state index < -0.39 is 0 Å². The summed E-state index contributed by atoms with van der Waals surface area (Å²) in [6.45, 7) is 4.45. The zero-order chi connectivity index (χ0) is 14.5. The molecule has 1 aliphatic carbocycles. The van der Waals surface area contributed by atoms with E-state index >= 15 is 0 Å². The first kappa shape index (κ1) is 15.5. The molecule has 0 spiro atoms. The van der Waals surface area contributed by atoms with Gasteiger partial charge in [-0.1, -0.05) is 36.0 Å². The first-order chi connectivity index (χ1) is 9.61. The second-order valence-electron chi connectivity index (χ2n) is 5.19. The van der Waals surface area contributed by atoms with E-state index in [1.165, 1.54) is 19.3 Å². The summed E-state index contributed by atoms with van der Waals surface area (Å²) in [6.07, 6.45) is 4.00. The Morgan fingerprint density at radius 3 is 2.70 bits per heavy atom. The van der Waals surface area contributed by atoms with Crippen LogP contribution in [0.5, 0.6) is 0 Å². The fraction of sp³-hybridized carbons (Fsp3) is 0.643. The molecule has 112 valence electrons. The van der Waals surface area contributed by atoms with Gasteiger partial charge in [-0.3, -0.25) is 0 Å². The van der Waals surface area contributed by atoms with Gasteiger partial charge in [0.05, 0.1) is 11.6 Å². The normalized spacial score (nSPS) is 15.5. The number of nitrogens with one attached hydrogen (secondary N) is 2. The molecule has 2 rings (SSSR count). The van der Waals surface area contributed by atoms with Gasteiger partial charge in [0.1, 0.15) is 5.15 Å². The fourth-order valence-corrected chi connectivity index (χ4v) is 2.46. The van der Waals surface area contributed by atoms with Crippen molar-refractivity contribution in [2.24, 2.45) is 18.0 Å². The largest absolute Gasteiger partial charge is 0.357 e. The van der Waals surface area contributed by atoms with Crippen LogP contribution in [-0.2, 0) is 13.6 Å². The van der Waals surface area contributed by atoms with Gasteiger partial charge in [-0.25, -0.2) is 4.99 Å². The summed E-state index contributed by atoms with van der Waals surface area (Å²) in [6, 6.07) is 1.86. The average molecular weight is 317 g/mol. The Kier molecular flexibility index (Phi) is 5.61. The molecular weight excluding hydrogens is 295 g/mol. The third-order valence-electron chi connectivity index (χ3n) is 3.50. The first-order valence-corrected chi connectivity index (χ1v) is 7.89. The smallest absolute Gasteiger partial charge is 0.191 e. The molecule has 1 aromatic heterocycles. The Labute approximate surface area is 130 Å². The number of halogens is 2. The number of aliphatic imine (C=N–C) groups is 1. The van der Waals surface area contributed by atoms with Crippen molar-refractivity contribution < 1.29 is 0 Å². The van der Waals surface area contributed by atoms with Crippen LogP contribution in [-0.4, -0.2) is 23.6 Å². The topological polar surface area (TPSA) is 41.4 Å². The number of hydrogen-bond acceptors (Lipinski definition) is 1. The van der Waals surface area contributed by atoms with Gasteiger partial charge in [0.15, 0.2) is 5.96 Å². The van der Waals surface area contributed by atoms with Crippen LogP contribution in [0.3, 0.4) is 0 Å². The highest BCUT2D eigenvalue weighted by molar-refractivity contribution is 6.41. The SMILES string of the molecule is CCNC(=NCc1cc(Cl)c(Cl)n1C)NCCC1CC1. The van der Waals surface area contributed by atoms with E-state index in [0.29, 0.717) is 16.7 Å². The molecule has 0 amide bonds. The molecule has 0 unspecified atom stereocenters. The molecule has 0 atom stereocenters. The summed E-state index contributed by atoms with van der Waals surface area (Å²) in [5.74, 6) is 1.78. The lowest BCUT2D eigenvalue weighted by Gasteiger charge is -2.11. The van der Waals surface area contributed by atoms with E-state index in [1.54, 1.807) is 0 Å². The van der Waals surface area contributed by atoms with Gasteiger partial charge >= 0.3 is 0 Å². The maximum Gasteiger partial charge on any atom is 0.191 e. The van der Waals surface area contributed by atoms with Crippen molar-refractivity contribution in [1.29, 1.82) is 0 Å². The first-order valence-electron chi connectivity index (χ1n) is 7.13. The van der Waals surface area contributed by atoms with Crippen molar-refractivity contribution in [3.8, 4) is 0 Å². The Balaban J connectivity index is 1.90. The molecule has 20 heavy (non-hydrogen) atoms. The molecule has 0 aliphatic heterocycles. The van der Waals surface area contributed by atoms with Crippen LogP contribution in [0, 0.1) is 5.92 Å². The van der Waals surface area contributed by atoms with Gasteiger partial charge in [0.2, 0.25) is 0 Å². The molecular formula is C14H22Cl2N4. The molecule has 0 bridgehead atoms. The lowest BCUT2D eigenvalue weighted by atomic mass is 10.3. The highest BCUT2D eigenvalue weighted by Gasteiger charge is 2.20. The average Bonchev–Trinajstić information content (AvgIpc) is 3.21. The van der Waals surface area contributed by atoms with Gasteiger partial charge in [-0.05, 0) is 25.3 Å².